The van der Waals surface area contributed by atoms with E-state index in [1.165, 1.54) is 0 Å². The quantitative estimate of drug-likeness (QED) is 0.516. The molecule has 1 saturated heterocycles. The van der Waals surface area contributed by atoms with E-state index < -0.39 is 12.1 Å². The Morgan fingerprint density at radius 3 is 2.44 bits per heavy atom. The molecule has 0 aliphatic carbocycles. The highest BCUT2D eigenvalue weighted by Gasteiger charge is 2.26. The van der Waals surface area contributed by atoms with Gasteiger partial charge in [-0.15, -0.1) is 0 Å². The molecule has 4 N–H and O–H groups in total. The third-order valence-corrected chi connectivity index (χ3v) is 5.39. The molecule has 7 heteroatoms. The summed E-state index contributed by atoms with van der Waals surface area (Å²) in [5, 5.41) is 19.6. The number of aliphatic hydroxyl groups is 2. The maximum absolute atomic E-state index is 9.83. The minimum atomic E-state index is -0.736. The van der Waals surface area contributed by atoms with E-state index in [2.05, 4.69) is 16.8 Å². The summed E-state index contributed by atoms with van der Waals surface area (Å²) in [7, 11) is 0. The SMILES string of the molecule is C[C@H](O)c1nccn1[C@@H](C#Cc1ccc(-c2ccc(O[C@@H]3COC[C@H]3N)cc2)cc1)CO. The van der Waals surface area contributed by atoms with Gasteiger partial charge in [-0.05, 0) is 42.3 Å². The first kappa shape index (κ1) is 22.1. The number of nitrogens with zero attached hydrogens (tertiary/aromatic N) is 2. The molecule has 4 rings (SSSR count). The van der Waals surface area contributed by atoms with Crippen molar-refractivity contribution < 1.29 is 19.7 Å². The monoisotopic (exact) mass is 433 g/mol. The molecule has 1 aliphatic rings. The van der Waals surface area contributed by atoms with Gasteiger partial charge in [0.15, 0.2) is 0 Å². The number of imidazole rings is 1. The second-order valence-electron chi connectivity index (χ2n) is 7.80. The van der Waals surface area contributed by atoms with E-state index in [9.17, 15) is 10.2 Å². The molecule has 2 aromatic carbocycles. The minimum Gasteiger partial charge on any atom is -0.486 e. The number of aliphatic hydroxyl groups excluding tert-OH is 2. The summed E-state index contributed by atoms with van der Waals surface area (Å²) in [6.07, 6.45) is 2.45. The lowest BCUT2D eigenvalue weighted by atomic mass is 10.0. The lowest BCUT2D eigenvalue weighted by Gasteiger charge is -2.16. The summed E-state index contributed by atoms with van der Waals surface area (Å²) in [6.45, 7) is 2.51. The summed E-state index contributed by atoms with van der Waals surface area (Å²) in [5.41, 5.74) is 8.94. The Kier molecular flexibility index (Phi) is 6.88. The Morgan fingerprint density at radius 1 is 1.16 bits per heavy atom. The average molecular weight is 434 g/mol. The molecule has 2 heterocycles. The Labute approximate surface area is 187 Å². The summed E-state index contributed by atoms with van der Waals surface area (Å²) < 4.78 is 12.9. The van der Waals surface area contributed by atoms with Crippen LogP contribution >= 0.6 is 0 Å². The van der Waals surface area contributed by atoms with Gasteiger partial charge in [-0.3, -0.25) is 0 Å². The van der Waals surface area contributed by atoms with Crippen molar-refractivity contribution in [3.63, 3.8) is 0 Å². The molecule has 0 amide bonds. The lowest BCUT2D eigenvalue weighted by Crippen LogP contribution is -2.37. The normalized spacial score (nSPS) is 19.8. The van der Waals surface area contributed by atoms with Crippen LogP contribution in [0.15, 0.2) is 60.9 Å². The fourth-order valence-corrected chi connectivity index (χ4v) is 3.60. The van der Waals surface area contributed by atoms with Gasteiger partial charge in [-0.1, -0.05) is 36.1 Å². The van der Waals surface area contributed by atoms with Crippen molar-refractivity contribution in [1.29, 1.82) is 0 Å². The molecule has 4 atom stereocenters. The number of aromatic nitrogens is 2. The summed E-state index contributed by atoms with van der Waals surface area (Å²) in [5.74, 6) is 7.41. The zero-order chi connectivity index (χ0) is 22.5. The fourth-order valence-electron chi connectivity index (χ4n) is 3.60. The van der Waals surface area contributed by atoms with Crippen LogP contribution in [0.25, 0.3) is 11.1 Å². The van der Waals surface area contributed by atoms with Gasteiger partial charge in [0.05, 0.1) is 25.9 Å². The van der Waals surface area contributed by atoms with E-state index >= 15 is 0 Å². The van der Waals surface area contributed by atoms with Crippen LogP contribution in [0.4, 0.5) is 0 Å². The second-order valence-corrected chi connectivity index (χ2v) is 7.80. The van der Waals surface area contributed by atoms with E-state index in [-0.39, 0.29) is 18.8 Å². The largest absolute Gasteiger partial charge is 0.486 e. The number of hydrogen-bond acceptors (Lipinski definition) is 6. The number of ether oxygens (including phenoxy) is 2. The van der Waals surface area contributed by atoms with E-state index in [0.29, 0.717) is 19.0 Å². The van der Waals surface area contributed by atoms with Gasteiger partial charge in [-0.2, -0.15) is 0 Å². The molecule has 1 aromatic heterocycles. The standard InChI is InChI=1S/C25H27N3O4/c1-17(30)25-27-12-13-28(25)21(14-29)9-4-18-2-5-19(6-3-18)20-7-10-22(11-8-20)32-24-16-31-15-23(24)26/h2-3,5-8,10-13,17,21,23-24,29-30H,14-16,26H2,1H3/t17-,21-,23+,24+/m0/s1. The second kappa shape index (κ2) is 9.98. The first-order chi connectivity index (χ1) is 15.5. The zero-order valence-electron chi connectivity index (χ0n) is 17.9. The highest BCUT2D eigenvalue weighted by Crippen LogP contribution is 2.24. The Hall–Kier alpha value is -3.15. The van der Waals surface area contributed by atoms with E-state index in [0.717, 1.165) is 22.4 Å². The van der Waals surface area contributed by atoms with Crippen molar-refractivity contribution in [2.24, 2.45) is 5.73 Å². The van der Waals surface area contributed by atoms with Crippen molar-refractivity contribution in [3.05, 3.63) is 72.3 Å². The Morgan fingerprint density at radius 2 is 1.84 bits per heavy atom. The maximum atomic E-state index is 9.83. The third-order valence-electron chi connectivity index (χ3n) is 5.39. The van der Waals surface area contributed by atoms with Crippen LogP contribution in [0.5, 0.6) is 5.75 Å². The summed E-state index contributed by atoms with van der Waals surface area (Å²) in [6, 6.07) is 15.2. The molecule has 32 heavy (non-hydrogen) atoms. The Balaban J connectivity index is 1.44. The fraction of sp³-hybridized carbons (Fsp3) is 0.320. The van der Waals surface area contributed by atoms with E-state index in [1.54, 1.807) is 23.9 Å². The lowest BCUT2D eigenvalue weighted by molar-refractivity contribution is 0.140. The molecule has 3 aromatic rings. The van der Waals surface area contributed by atoms with E-state index in [1.807, 2.05) is 48.5 Å². The molecule has 1 fully saturated rings. The molecule has 0 unspecified atom stereocenters. The third kappa shape index (κ3) is 5.01. The van der Waals surface area contributed by atoms with Crippen LogP contribution in [0.3, 0.4) is 0 Å². The van der Waals surface area contributed by atoms with E-state index in [4.69, 9.17) is 15.2 Å². The number of rotatable bonds is 6. The summed E-state index contributed by atoms with van der Waals surface area (Å²) >= 11 is 0. The molecular formula is C25H27N3O4. The number of benzene rings is 2. The van der Waals surface area contributed by atoms with Gasteiger partial charge in [0.2, 0.25) is 0 Å². The van der Waals surface area contributed by atoms with Gasteiger partial charge in [0, 0.05) is 18.0 Å². The van der Waals surface area contributed by atoms with Gasteiger partial charge >= 0.3 is 0 Å². The van der Waals surface area contributed by atoms with Gasteiger partial charge in [0.25, 0.3) is 0 Å². The molecular weight excluding hydrogens is 406 g/mol. The molecule has 1 aliphatic heterocycles. The molecule has 0 saturated carbocycles. The minimum absolute atomic E-state index is 0.0961. The first-order valence-electron chi connectivity index (χ1n) is 10.6. The average Bonchev–Trinajstić information content (AvgIpc) is 3.45. The predicted octanol–water partition coefficient (Wildman–Crippen LogP) is 2.29. The van der Waals surface area contributed by atoms with Crippen molar-refractivity contribution >= 4 is 0 Å². The topological polar surface area (TPSA) is 103 Å². The number of hydrogen-bond donors (Lipinski definition) is 3. The predicted molar refractivity (Wildman–Crippen MR) is 121 cm³/mol. The molecule has 7 nitrogen and oxygen atoms in total. The molecule has 166 valence electrons. The highest BCUT2D eigenvalue weighted by atomic mass is 16.5. The van der Waals surface area contributed by atoms with Gasteiger partial charge in [-0.25, -0.2) is 4.98 Å². The first-order valence-corrected chi connectivity index (χ1v) is 10.6. The highest BCUT2D eigenvalue weighted by molar-refractivity contribution is 5.65. The van der Waals surface area contributed by atoms with Crippen LogP contribution in [-0.2, 0) is 4.74 Å². The molecule has 0 radical (unpaired) electrons. The van der Waals surface area contributed by atoms with Crippen molar-refractivity contribution in [3.8, 4) is 28.7 Å². The van der Waals surface area contributed by atoms with Gasteiger partial charge in [0.1, 0.15) is 29.8 Å². The van der Waals surface area contributed by atoms with Crippen LogP contribution < -0.4 is 10.5 Å². The van der Waals surface area contributed by atoms with Crippen LogP contribution in [0.2, 0.25) is 0 Å². The maximum Gasteiger partial charge on any atom is 0.139 e. The van der Waals surface area contributed by atoms with Crippen LogP contribution in [0.1, 0.15) is 30.5 Å². The molecule has 0 bridgehead atoms. The Bertz CT molecular complexity index is 1080. The van der Waals surface area contributed by atoms with Crippen molar-refractivity contribution in [2.45, 2.75) is 31.2 Å². The smallest absolute Gasteiger partial charge is 0.139 e. The van der Waals surface area contributed by atoms with Crippen LogP contribution in [-0.4, -0.2) is 51.7 Å². The zero-order valence-corrected chi connectivity index (χ0v) is 17.9. The van der Waals surface area contributed by atoms with Crippen molar-refractivity contribution in [1.82, 2.24) is 9.55 Å². The summed E-state index contributed by atoms with van der Waals surface area (Å²) in [4.78, 5) is 4.14. The van der Waals surface area contributed by atoms with Crippen LogP contribution in [0, 0.1) is 11.8 Å². The van der Waals surface area contributed by atoms with Crippen molar-refractivity contribution in [2.75, 3.05) is 19.8 Å². The molecule has 0 spiro atoms. The van der Waals surface area contributed by atoms with Gasteiger partial charge < -0.3 is 30.0 Å². The number of nitrogens with two attached hydrogens (primary N) is 1.